The van der Waals surface area contributed by atoms with Gasteiger partial charge in [0.15, 0.2) is 0 Å². The van der Waals surface area contributed by atoms with E-state index < -0.39 is 11.4 Å². The van der Waals surface area contributed by atoms with Crippen molar-refractivity contribution >= 4 is 27.7 Å². The van der Waals surface area contributed by atoms with Crippen molar-refractivity contribution < 1.29 is 14.3 Å². The predicted molar refractivity (Wildman–Crippen MR) is 76.1 cm³/mol. The lowest BCUT2D eigenvalue weighted by atomic mass is 9.97. The van der Waals surface area contributed by atoms with E-state index in [0.29, 0.717) is 22.2 Å². The van der Waals surface area contributed by atoms with Gasteiger partial charge in [-0.15, -0.1) is 0 Å². The Morgan fingerprint density at radius 3 is 2.58 bits per heavy atom. The van der Waals surface area contributed by atoms with E-state index in [1.54, 1.807) is 32.0 Å². The van der Waals surface area contributed by atoms with Gasteiger partial charge in [-0.1, -0.05) is 6.92 Å². The number of halogens is 1. The molecule has 1 unspecified atom stereocenters. The zero-order valence-corrected chi connectivity index (χ0v) is 12.7. The molecule has 0 radical (unpaired) electrons. The largest absolute Gasteiger partial charge is 0.497 e. The number of primary amides is 1. The highest BCUT2D eigenvalue weighted by atomic mass is 79.9. The summed E-state index contributed by atoms with van der Waals surface area (Å²) in [6.07, 6.45) is 0.412. The van der Waals surface area contributed by atoms with Crippen LogP contribution in [0.4, 0.5) is 0 Å². The topological polar surface area (TPSA) is 81.4 Å². The predicted octanol–water partition coefficient (Wildman–Crippen LogP) is 1.84. The number of hydrogen-bond acceptors (Lipinski definition) is 3. The van der Waals surface area contributed by atoms with Crippen LogP contribution in [0.3, 0.4) is 0 Å². The second-order valence-corrected chi connectivity index (χ2v) is 5.20. The number of carbonyl (C=O) groups excluding carboxylic acids is 2. The molecule has 5 nitrogen and oxygen atoms in total. The van der Waals surface area contributed by atoms with Gasteiger partial charge in [0, 0.05) is 4.47 Å². The molecule has 1 aromatic rings. The van der Waals surface area contributed by atoms with E-state index >= 15 is 0 Å². The number of amides is 2. The Bertz CT molecular complexity index is 505. The molecule has 1 aromatic carbocycles. The van der Waals surface area contributed by atoms with Gasteiger partial charge >= 0.3 is 0 Å². The lowest BCUT2D eigenvalue weighted by molar-refractivity contribution is -0.123. The van der Waals surface area contributed by atoms with Crippen LogP contribution in [0.25, 0.3) is 0 Å². The summed E-state index contributed by atoms with van der Waals surface area (Å²) in [6.45, 7) is 3.38. The molecule has 19 heavy (non-hydrogen) atoms. The maximum atomic E-state index is 12.2. The van der Waals surface area contributed by atoms with Gasteiger partial charge in [-0.05, 0) is 47.5 Å². The maximum Gasteiger partial charge on any atom is 0.253 e. The van der Waals surface area contributed by atoms with Crippen LogP contribution in [0.15, 0.2) is 22.7 Å². The van der Waals surface area contributed by atoms with Crippen molar-refractivity contribution in [1.82, 2.24) is 5.32 Å². The summed E-state index contributed by atoms with van der Waals surface area (Å²) >= 11 is 3.29. The second kappa shape index (κ2) is 6.06. The van der Waals surface area contributed by atoms with E-state index in [1.807, 2.05) is 0 Å². The Morgan fingerprint density at radius 1 is 1.47 bits per heavy atom. The van der Waals surface area contributed by atoms with Gasteiger partial charge < -0.3 is 15.8 Å². The standard InChI is InChI=1S/C13H17BrN2O3/c1-4-13(2,12(15)18)16-11(17)9-7-8(19-3)5-6-10(9)14/h5-7H,4H2,1-3H3,(H2,15,18)(H,16,17). The first-order valence-electron chi connectivity index (χ1n) is 5.80. The summed E-state index contributed by atoms with van der Waals surface area (Å²) in [6, 6.07) is 5.03. The molecule has 0 saturated carbocycles. The normalized spacial score (nSPS) is 13.5. The van der Waals surface area contributed by atoms with Crippen molar-refractivity contribution in [2.45, 2.75) is 25.8 Å². The summed E-state index contributed by atoms with van der Waals surface area (Å²) in [5.74, 6) is -0.387. The smallest absolute Gasteiger partial charge is 0.253 e. The van der Waals surface area contributed by atoms with Crippen LogP contribution < -0.4 is 15.8 Å². The number of methoxy groups -OCH3 is 1. The highest BCUT2D eigenvalue weighted by Crippen LogP contribution is 2.23. The highest BCUT2D eigenvalue weighted by molar-refractivity contribution is 9.10. The summed E-state index contributed by atoms with van der Waals surface area (Å²) in [5, 5.41) is 2.65. The molecular weight excluding hydrogens is 312 g/mol. The monoisotopic (exact) mass is 328 g/mol. The molecule has 6 heteroatoms. The molecule has 0 heterocycles. The number of nitrogens with one attached hydrogen (secondary N) is 1. The molecule has 1 atom stereocenters. The molecule has 0 aliphatic heterocycles. The molecule has 104 valence electrons. The van der Waals surface area contributed by atoms with Gasteiger partial charge in [0.2, 0.25) is 5.91 Å². The molecule has 0 aliphatic rings. The third kappa shape index (κ3) is 3.47. The van der Waals surface area contributed by atoms with Gasteiger partial charge in [-0.2, -0.15) is 0 Å². The Hall–Kier alpha value is -1.56. The van der Waals surface area contributed by atoms with Crippen LogP contribution in [0.2, 0.25) is 0 Å². The van der Waals surface area contributed by atoms with Crippen molar-refractivity contribution in [3.63, 3.8) is 0 Å². The van der Waals surface area contributed by atoms with Gasteiger partial charge in [0.05, 0.1) is 12.7 Å². The van der Waals surface area contributed by atoms with Crippen LogP contribution in [-0.2, 0) is 4.79 Å². The van der Waals surface area contributed by atoms with Gasteiger partial charge in [0.1, 0.15) is 11.3 Å². The fraction of sp³-hybridized carbons (Fsp3) is 0.385. The van der Waals surface area contributed by atoms with E-state index in [2.05, 4.69) is 21.2 Å². The molecule has 0 fully saturated rings. The summed E-state index contributed by atoms with van der Waals surface area (Å²) in [4.78, 5) is 23.6. The number of hydrogen-bond donors (Lipinski definition) is 2. The fourth-order valence-electron chi connectivity index (χ4n) is 1.45. The van der Waals surface area contributed by atoms with Crippen LogP contribution in [0.1, 0.15) is 30.6 Å². The van der Waals surface area contributed by atoms with E-state index in [1.165, 1.54) is 7.11 Å². The molecular formula is C13H17BrN2O3. The van der Waals surface area contributed by atoms with Crippen LogP contribution >= 0.6 is 15.9 Å². The summed E-state index contributed by atoms with van der Waals surface area (Å²) in [5.41, 5.74) is 4.63. The minimum atomic E-state index is -1.07. The SMILES string of the molecule is CCC(C)(NC(=O)c1cc(OC)ccc1Br)C(N)=O. The first kappa shape index (κ1) is 15.5. The fourth-order valence-corrected chi connectivity index (χ4v) is 1.87. The van der Waals surface area contributed by atoms with E-state index in [-0.39, 0.29) is 5.91 Å². The average molecular weight is 329 g/mol. The zero-order chi connectivity index (χ0) is 14.6. The van der Waals surface area contributed by atoms with Crippen molar-refractivity contribution in [2.75, 3.05) is 7.11 Å². The molecule has 3 N–H and O–H groups in total. The number of benzene rings is 1. The maximum absolute atomic E-state index is 12.2. The summed E-state index contributed by atoms with van der Waals surface area (Å²) < 4.78 is 5.69. The third-order valence-corrected chi connectivity index (χ3v) is 3.75. The van der Waals surface area contributed by atoms with Gasteiger partial charge in [-0.3, -0.25) is 9.59 Å². The minimum absolute atomic E-state index is 0.381. The number of ether oxygens (including phenoxy) is 1. The van der Waals surface area contributed by atoms with Crippen molar-refractivity contribution in [1.29, 1.82) is 0 Å². The summed E-state index contributed by atoms with van der Waals surface area (Å²) in [7, 11) is 1.52. The van der Waals surface area contributed by atoms with Gasteiger partial charge in [-0.25, -0.2) is 0 Å². The Balaban J connectivity index is 3.04. The van der Waals surface area contributed by atoms with Crippen LogP contribution in [0, 0.1) is 0 Å². The lowest BCUT2D eigenvalue weighted by Gasteiger charge is -2.26. The van der Waals surface area contributed by atoms with Crippen molar-refractivity contribution in [3.05, 3.63) is 28.2 Å². The highest BCUT2D eigenvalue weighted by Gasteiger charge is 2.31. The van der Waals surface area contributed by atoms with E-state index in [9.17, 15) is 9.59 Å². The zero-order valence-electron chi connectivity index (χ0n) is 11.1. The Morgan fingerprint density at radius 2 is 2.11 bits per heavy atom. The number of nitrogens with two attached hydrogens (primary N) is 1. The van der Waals surface area contributed by atoms with Gasteiger partial charge in [0.25, 0.3) is 5.91 Å². The molecule has 1 rings (SSSR count). The minimum Gasteiger partial charge on any atom is -0.497 e. The van der Waals surface area contributed by atoms with E-state index in [0.717, 1.165) is 0 Å². The van der Waals surface area contributed by atoms with Crippen LogP contribution in [0.5, 0.6) is 5.75 Å². The molecule has 0 bridgehead atoms. The van der Waals surface area contributed by atoms with Crippen molar-refractivity contribution in [3.8, 4) is 5.75 Å². The molecule has 0 saturated heterocycles. The molecule has 2 amide bonds. The number of rotatable bonds is 5. The quantitative estimate of drug-likeness (QED) is 0.865. The van der Waals surface area contributed by atoms with E-state index in [4.69, 9.17) is 10.5 Å². The first-order chi connectivity index (χ1) is 8.84. The molecule has 0 aromatic heterocycles. The van der Waals surface area contributed by atoms with Crippen LogP contribution in [-0.4, -0.2) is 24.5 Å². The average Bonchev–Trinajstić information content (AvgIpc) is 2.38. The van der Waals surface area contributed by atoms with Crippen molar-refractivity contribution in [2.24, 2.45) is 5.73 Å². The Kier molecular flexibility index (Phi) is 4.94. The molecule has 0 spiro atoms. The first-order valence-corrected chi connectivity index (χ1v) is 6.59. The lowest BCUT2D eigenvalue weighted by Crippen LogP contribution is -2.54. The third-order valence-electron chi connectivity index (χ3n) is 3.06. The molecule has 0 aliphatic carbocycles. The second-order valence-electron chi connectivity index (χ2n) is 4.35. The Labute approximate surface area is 120 Å². The number of carbonyl (C=O) groups is 2.